The number of pyridine rings is 1. The van der Waals surface area contributed by atoms with E-state index < -0.39 is 11.8 Å². The van der Waals surface area contributed by atoms with Crippen LogP contribution in [0.5, 0.6) is 0 Å². The van der Waals surface area contributed by atoms with Crippen molar-refractivity contribution in [2.45, 2.75) is 51.6 Å². The molecule has 178 valence electrons. The summed E-state index contributed by atoms with van der Waals surface area (Å²) in [6, 6.07) is 8.79. The molecule has 6 nitrogen and oxygen atoms in total. The fourth-order valence-corrected chi connectivity index (χ4v) is 5.57. The number of aromatic nitrogens is 2. The highest BCUT2D eigenvalue weighted by Crippen LogP contribution is 2.34. The van der Waals surface area contributed by atoms with E-state index in [1.807, 2.05) is 17.0 Å². The lowest BCUT2D eigenvalue weighted by Gasteiger charge is -2.31. The molecular formula is C26H27ClFN3O3. The van der Waals surface area contributed by atoms with Crippen molar-refractivity contribution in [2.24, 2.45) is 11.8 Å². The van der Waals surface area contributed by atoms with Crippen LogP contribution in [-0.2, 0) is 29.1 Å². The molecule has 34 heavy (non-hydrogen) atoms. The molecule has 1 aliphatic carbocycles. The van der Waals surface area contributed by atoms with Crippen LogP contribution in [0.1, 0.15) is 48.9 Å². The van der Waals surface area contributed by atoms with Crippen LogP contribution in [0.4, 0.5) is 4.39 Å². The predicted molar refractivity (Wildman–Crippen MR) is 127 cm³/mol. The molecule has 3 heterocycles. The first-order chi connectivity index (χ1) is 16.4. The van der Waals surface area contributed by atoms with Gasteiger partial charge in [0.25, 0.3) is 0 Å². The Hall–Kier alpha value is -2.93. The van der Waals surface area contributed by atoms with Gasteiger partial charge in [-0.2, -0.15) is 0 Å². The van der Waals surface area contributed by atoms with Gasteiger partial charge in [-0.25, -0.2) is 9.37 Å². The Balaban J connectivity index is 1.36. The number of fused-ring (bicyclic) bond motifs is 3. The molecule has 1 aliphatic heterocycles. The summed E-state index contributed by atoms with van der Waals surface area (Å²) >= 11 is 5.86. The molecule has 1 N–H and O–H groups in total. The van der Waals surface area contributed by atoms with Crippen LogP contribution in [0.25, 0.3) is 11.0 Å². The molecule has 5 rings (SSSR count). The molecule has 2 aliphatic rings. The second kappa shape index (κ2) is 9.37. The fraction of sp³-hybridized carbons (Fsp3) is 0.423. The minimum atomic E-state index is -0.727. The van der Waals surface area contributed by atoms with E-state index in [0.717, 1.165) is 41.6 Å². The molecule has 1 fully saturated rings. The van der Waals surface area contributed by atoms with Crippen molar-refractivity contribution in [3.8, 4) is 0 Å². The maximum atomic E-state index is 14.1. The molecule has 8 heteroatoms. The third-order valence-electron chi connectivity index (χ3n) is 7.35. The molecule has 0 bridgehead atoms. The van der Waals surface area contributed by atoms with Crippen molar-refractivity contribution in [2.75, 3.05) is 6.54 Å². The highest BCUT2D eigenvalue weighted by Gasteiger charge is 2.31. The van der Waals surface area contributed by atoms with E-state index in [4.69, 9.17) is 11.6 Å². The van der Waals surface area contributed by atoms with Gasteiger partial charge in [0, 0.05) is 36.8 Å². The Morgan fingerprint density at radius 2 is 1.97 bits per heavy atom. The van der Waals surface area contributed by atoms with Gasteiger partial charge >= 0.3 is 5.97 Å². The minimum absolute atomic E-state index is 0.0930. The second-order valence-corrected chi connectivity index (χ2v) is 9.87. The van der Waals surface area contributed by atoms with Gasteiger partial charge in [-0.1, -0.05) is 17.7 Å². The van der Waals surface area contributed by atoms with E-state index in [1.54, 1.807) is 12.3 Å². The lowest BCUT2D eigenvalue weighted by molar-refractivity contribution is -0.143. The first-order valence-electron chi connectivity index (χ1n) is 11.8. The summed E-state index contributed by atoms with van der Waals surface area (Å²) in [5.74, 6) is -1.09. The van der Waals surface area contributed by atoms with E-state index >= 15 is 0 Å². The number of hydrogen-bond acceptors (Lipinski definition) is 3. The monoisotopic (exact) mass is 483 g/mol. The van der Waals surface area contributed by atoms with E-state index in [2.05, 4.69) is 15.6 Å². The van der Waals surface area contributed by atoms with Gasteiger partial charge in [0.05, 0.1) is 17.5 Å². The summed E-state index contributed by atoms with van der Waals surface area (Å²) in [5.41, 5.74) is 3.86. The van der Waals surface area contributed by atoms with E-state index in [-0.39, 0.29) is 22.8 Å². The van der Waals surface area contributed by atoms with Crippen LogP contribution >= 0.6 is 11.6 Å². The summed E-state index contributed by atoms with van der Waals surface area (Å²) in [5, 5.41) is 10.4. The van der Waals surface area contributed by atoms with Gasteiger partial charge in [-0.3, -0.25) is 9.59 Å². The van der Waals surface area contributed by atoms with Crippen molar-refractivity contribution < 1.29 is 19.1 Å². The minimum Gasteiger partial charge on any atom is -0.481 e. The molecular weight excluding hydrogens is 457 g/mol. The third-order valence-corrected chi connectivity index (χ3v) is 7.66. The summed E-state index contributed by atoms with van der Waals surface area (Å²) in [6.07, 6.45) is 5.83. The summed E-state index contributed by atoms with van der Waals surface area (Å²) in [6.45, 7) is 1.59. The zero-order valence-electron chi connectivity index (χ0n) is 18.8. The molecule has 0 radical (unpaired) electrons. The van der Waals surface area contributed by atoms with Crippen molar-refractivity contribution in [1.29, 1.82) is 0 Å². The maximum absolute atomic E-state index is 14.1. The van der Waals surface area contributed by atoms with Crippen molar-refractivity contribution in [1.82, 2.24) is 14.5 Å². The molecule has 0 spiro atoms. The highest BCUT2D eigenvalue weighted by atomic mass is 35.5. The predicted octanol–water partition coefficient (Wildman–Crippen LogP) is 5.04. The van der Waals surface area contributed by atoms with Crippen molar-refractivity contribution in [3.05, 3.63) is 64.2 Å². The quantitative estimate of drug-likeness (QED) is 0.551. The SMILES string of the molecule is O=C(C[C@H]1CC[C@@H](C(=O)O)CC1)N1CCc2c(n(Cc3ccc(Cl)c(F)c3)c3ncccc23)C1. The normalized spacial score (nSPS) is 20.4. The van der Waals surface area contributed by atoms with Crippen molar-refractivity contribution in [3.63, 3.8) is 0 Å². The molecule has 2 aromatic heterocycles. The number of aliphatic carboxylic acids is 1. The number of halogens is 2. The molecule has 0 unspecified atom stereocenters. The smallest absolute Gasteiger partial charge is 0.306 e. The number of carbonyl (C=O) groups excluding carboxylic acids is 1. The number of rotatable bonds is 5. The van der Waals surface area contributed by atoms with Gasteiger partial charge in [-0.05, 0) is 73.4 Å². The number of nitrogens with zero attached hydrogens (tertiary/aromatic N) is 3. The lowest BCUT2D eigenvalue weighted by Crippen LogP contribution is -2.38. The second-order valence-electron chi connectivity index (χ2n) is 9.46. The van der Waals surface area contributed by atoms with Crippen LogP contribution in [0.2, 0.25) is 5.02 Å². The fourth-order valence-electron chi connectivity index (χ4n) is 5.45. The van der Waals surface area contributed by atoms with Crippen LogP contribution in [0, 0.1) is 17.7 Å². The Morgan fingerprint density at radius 3 is 2.71 bits per heavy atom. The summed E-state index contributed by atoms with van der Waals surface area (Å²) in [4.78, 5) is 30.9. The van der Waals surface area contributed by atoms with E-state index in [9.17, 15) is 19.1 Å². The van der Waals surface area contributed by atoms with Crippen molar-refractivity contribution >= 4 is 34.5 Å². The van der Waals surface area contributed by atoms with Gasteiger partial charge in [0.15, 0.2) is 0 Å². The highest BCUT2D eigenvalue weighted by molar-refractivity contribution is 6.30. The van der Waals surface area contributed by atoms with Crippen LogP contribution in [0.15, 0.2) is 36.5 Å². The van der Waals surface area contributed by atoms with Crippen LogP contribution in [0.3, 0.4) is 0 Å². The maximum Gasteiger partial charge on any atom is 0.306 e. The number of carboxylic acid groups (broad SMARTS) is 1. The Morgan fingerprint density at radius 1 is 1.18 bits per heavy atom. The molecule has 3 aromatic rings. The van der Waals surface area contributed by atoms with Gasteiger partial charge < -0.3 is 14.6 Å². The lowest BCUT2D eigenvalue weighted by atomic mass is 9.80. The van der Waals surface area contributed by atoms with E-state index in [1.165, 1.54) is 11.6 Å². The number of hydrogen-bond donors (Lipinski definition) is 1. The Kier molecular flexibility index (Phi) is 6.30. The van der Waals surface area contributed by atoms with Crippen LogP contribution < -0.4 is 0 Å². The van der Waals surface area contributed by atoms with Crippen LogP contribution in [-0.4, -0.2) is 38.0 Å². The first-order valence-corrected chi connectivity index (χ1v) is 12.2. The molecule has 0 atom stereocenters. The zero-order chi connectivity index (χ0) is 23.8. The molecule has 1 aromatic carbocycles. The molecule has 1 amide bonds. The topological polar surface area (TPSA) is 75.4 Å². The largest absolute Gasteiger partial charge is 0.481 e. The number of carboxylic acids is 1. The molecule has 0 saturated heterocycles. The molecule has 1 saturated carbocycles. The zero-order valence-corrected chi connectivity index (χ0v) is 19.6. The average molecular weight is 484 g/mol. The number of benzene rings is 1. The Bertz CT molecular complexity index is 1250. The van der Waals surface area contributed by atoms with Gasteiger partial charge in [-0.15, -0.1) is 0 Å². The van der Waals surface area contributed by atoms with E-state index in [0.29, 0.717) is 38.9 Å². The Labute approximate surface area is 202 Å². The summed E-state index contributed by atoms with van der Waals surface area (Å²) < 4.78 is 16.2. The number of amides is 1. The van der Waals surface area contributed by atoms with Gasteiger partial charge in [0.2, 0.25) is 5.91 Å². The first kappa shape index (κ1) is 22.8. The standard InChI is InChI=1S/C26H27ClFN3O3/c27-21-8-5-17(12-22(21)28)14-31-23-15-30(11-9-19(23)20-2-1-10-29-25(20)31)24(32)13-16-3-6-18(7-4-16)26(33)34/h1-2,5,8,10,12,16,18H,3-4,6-7,9,11,13-15H2,(H,33,34)/t16-,18+. The summed E-state index contributed by atoms with van der Waals surface area (Å²) in [7, 11) is 0. The van der Waals surface area contributed by atoms with Gasteiger partial charge in [0.1, 0.15) is 11.5 Å². The third kappa shape index (κ3) is 4.41. The average Bonchev–Trinajstić information content (AvgIpc) is 3.15. The number of carbonyl (C=O) groups is 2.